The van der Waals surface area contributed by atoms with Gasteiger partial charge in [0.25, 0.3) is 0 Å². The molecule has 1 N–H and O–H groups in total. The van der Waals surface area contributed by atoms with Gasteiger partial charge in [0.2, 0.25) is 5.91 Å². The number of hydrogen-bond donors (Lipinski definition) is 1. The largest absolute Gasteiger partial charge is 0.494 e. The Morgan fingerprint density at radius 2 is 1.75 bits per heavy atom. The lowest BCUT2D eigenvalue weighted by Crippen LogP contribution is -2.22. The lowest BCUT2D eigenvalue weighted by Gasteiger charge is -2.13. The first-order chi connectivity index (χ1) is 11.4. The van der Waals surface area contributed by atoms with Crippen molar-refractivity contribution >= 4 is 23.4 Å². The Balaban J connectivity index is 1.99. The third-order valence-corrected chi connectivity index (χ3v) is 4.66. The molecule has 0 aliphatic rings. The van der Waals surface area contributed by atoms with Crippen LogP contribution in [0.3, 0.4) is 0 Å². The van der Waals surface area contributed by atoms with Crippen LogP contribution in [0.15, 0.2) is 29.4 Å². The van der Waals surface area contributed by atoms with Gasteiger partial charge in [-0.05, 0) is 64.4 Å². The molecule has 0 radical (unpaired) electrons. The predicted molar refractivity (Wildman–Crippen MR) is 97.8 cm³/mol. The maximum atomic E-state index is 12.3. The van der Waals surface area contributed by atoms with E-state index in [1.54, 1.807) is 0 Å². The number of nitrogens with zero attached hydrogens (tertiary/aromatic N) is 2. The van der Waals surface area contributed by atoms with Crippen LogP contribution in [-0.4, -0.2) is 27.7 Å². The molecule has 0 saturated heterocycles. The fourth-order valence-corrected chi connectivity index (χ4v) is 2.91. The minimum Gasteiger partial charge on any atom is -0.494 e. The van der Waals surface area contributed by atoms with Gasteiger partial charge in [0.15, 0.2) is 5.16 Å². The van der Waals surface area contributed by atoms with E-state index < -0.39 is 0 Å². The number of anilines is 1. The highest BCUT2D eigenvalue weighted by molar-refractivity contribution is 8.00. The SMILES string of the molecule is CCOc1ccc(NC(=O)C(C)Sc2nc(C)c(C)c(C)n2)cc1. The number of carbonyl (C=O) groups excluding carboxylic acids is 1. The number of benzene rings is 1. The first-order valence-corrected chi connectivity index (χ1v) is 8.81. The van der Waals surface area contributed by atoms with Gasteiger partial charge in [0.1, 0.15) is 5.75 Å². The third kappa shape index (κ3) is 4.71. The first-order valence-electron chi connectivity index (χ1n) is 7.93. The molecule has 24 heavy (non-hydrogen) atoms. The van der Waals surface area contributed by atoms with Gasteiger partial charge in [-0.15, -0.1) is 0 Å². The highest BCUT2D eigenvalue weighted by Gasteiger charge is 2.17. The van der Waals surface area contributed by atoms with E-state index in [1.165, 1.54) is 11.8 Å². The van der Waals surface area contributed by atoms with Crippen molar-refractivity contribution in [3.05, 3.63) is 41.2 Å². The van der Waals surface area contributed by atoms with Gasteiger partial charge in [-0.2, -0.15) is 0 Å². The molecule has 0 fully saturated rings. The molecule has 0 aliphatic carbocycles. The summed E-state index contributed by atoms with van der Waals surface area (Å²) in [5.41, 5.74) is 3.73. The molecule has 1 aromatic carbocycles. The zero-order valence-electron chi connectivity index (χ0n) is 14.7. The summed E-state index contributed by atoms with van der Waals surface area (Å²) in [6, 6.07) is 7.34. The second kappa shape index (κ2) is 8.15. The van der Waals surface area contributed by atoms with Crippen molar-refractivity contribution in [2.24, 2.45) is 0 Å². The molecule has 2 rings (SSSR count). The maximum absolute atomic E-state index is 12.3. The zero-order valence-corrected chi connectivity index (χ0v) is 15.5. The summed E-state index contributed by atoms with van der Waals surface area (Å²) >= 11 is 1.36. The van der Waals surface area contributed by atoms with Crippen molar-refractivity contribution in [2.75, 3.05) is 11.9 Å². The Bertz CT molecular complexity index is 694. The second-order valence-electron chi connectivity index (χ2n) is 5.51. The lowest BCUT2D eigenvalue weighted by molar-refractivity contribution is -0.115. The molecular weight excluding hydrogens is 322 g/mol. The smallest absolute Gasteiger partial charge is 0.237 e. The standard InChI is InChI=1S/C18H23N3O2S/c1-6-23-16-9-7-15(8-10-16)21-17(22)14(5)24-18-19-12(3)11(2)13(4)20-18/h7-10,14H,6H2,1-5H3,(H,21,22). The molecule has 1 unspecified atom stereocenters. The van der Waals surface area contributed by atoms with Gasteiger partial charge in [-0.3, -0.25) is 4.79 Å². The Hall–Kier alpha value is -2.08. The molecule has 1 atom stereocenters. The molecule has 1 heterocycles. The van der Waals surface area contributed by atoms with Crippen molar-refractivity contribution < 1.29 is 9.53 Å². The normalized spacial score (nSPS) is 11.9. The minimum atomic E-state index is -0.293. The Morgan fingerprint density at radius 3 is 2.29 bits per heavy atom. The molecule has 0 bridgehead atoms. The summed E-state index contributed by atoms with van der Waals surface area (Å²) in [7, 11) is 0. The van der Waals surface area contributed by atoms with Crippen molar-refractivity contribution in [3.63, 3.8) is 0 Å². The number of ether oxygens (including phenoxy) is 1. The quantitative estimate of drug-likeness (QED) is 0.635. The van der Waals surface area contributed by atoms with Gasteiger partial charge in [-0.1, -0.05) is 11.8 Å². The van der Waals surface area contributed by atoms with Gasteiger partial charge in [0.05, 0.1) is 11.9 Å². The van der Waals surface area contributed by atoms with Crippen molar-refractivity contribution in [1.82, 2.24) is 9.97 Å². The van der Waals surface area contributed by atoms with E-state index in [1.807, 2.05) is 58.9 Å². The van der Waals surface area contributed by atoms with E-state index in [-0.39, 0.29) is 11.2 Å². The third-order valence-electron chi connectivity index (χ3n) is 3.70. The lowest BCUT2D eigenvalue weighted by atomic mass is 10.2. The number of thioether (sulfide) groups is 1. The van der Waals surface area contributed by atoms with Crippen molar-refractivity contribution in [2.45, 2.75) is 45.0 Å². The average Bonchev–Trinajstić information content (AvgIpc) is 2.54. The number of hydrogen-bond acceptors (Lipinski definition) is 5. The molecule has 1 amide bonds. The topological polar surface area (TPSA) is 64.1 Å². The van der Waals surface area contributed by atoms with Crippen LogP contribution in [0.4, 0.5) is 5.69 Å². The van der Waals surface area contributed by atoms with Gasteiger partial charge < -0.3 is 10.1 Å². The molecule has 2 aromatic rings. The summed E-state index contributed by atoms with van der Waals surface area (Å²) in [6.07, 6.45) is 0. The summed E-state index contributed by atoms with van der Waals surface area (Å²) in [5, 5.41) is 3.24. The number of rotatable bonds is 6. The average molecular weight is 345 g/mol. The summed E-state index contributed by atoms with van der Waals surface area (Å²) < 4.78 is 5.39. The minimum absolute atomic E-state index is 0.0800. The summed E-state index contributed by atoms with van der Waals surface area (Å²) in [4.78, 5) is 21.2. The zero-order chi connectivity index (χ0) is 17.7. The van der Waals surface area contributed by atoms with Gasteiger partial charge >= 0.3 is 0 Å². The number of amides is 1. The maximum Gasteiger partial charge on any atom is 0.237 e. The van der Waals surface area contributed by atoms with Crippen LogP contribution in [0, 0.1) is 20.8 Å². The molecule has 6 heteroatoms. The monoisotopic (exact) mass is 345 g/mol. The second-order valence-corrected chi connectivity index (χ2v) is 6.82. The van der Waals surface area contributed by atoms with Crippen LogP contribution in [0.25, 0.3) is 0 Å². The fraction of sp³-hybridized carbons (Fsp3) is 0.389. The van der Waals surface area contributed by atoms with Crippen molar-refractivity contribution in [3.8, 4) is 5.75 Å². The van der Waals surface area contributed by atoms with E-state index in [0.29, 0.717) is 11.8 Å². The van der Waals surface area contributed by atoms with Crippen LogP contribution in [0.2, 0.25) is 0 Å². The Morgan fingerprint density at radius 1 is 1.17 bits per heavy atom. The van der Waals surface area contributed by atoms with E-state index in [2.05, 4.69) is 15.3 Å². The van der Waals surface area contributed by atoms with E-state index in [4.69, 9.17) is 4.74 Å². The Kier molecular flexibility index (Phi) is 6.20. The molecular formula is C18H23N3O2S. The van der Waals surface area contributed by atoms with E-state index in [9.17, 15) is 4.79 Å². The molecule has 128 valence electrons. The molecule has 0 aliphatic heterocycles. The van der Waals surface area contributed by atoms with Crippen LogP contribution < -0.4 is 10.1 Å². The van der Waals surface area contributed by atoms with Crippen LogP contribution in [-0.2, 0) is 4.79 Å². The van der Waals surface area contributed by atoms with Crippen LogP contribution >= 0.6 is 11.8 Å². The summed E-state index contributed by atoms with van der Waals surface area (Å²) in [5.74, 6) is 0.709. The van der Waals surface area contributed by atoms with Gasteiger partial charge in [-0.25, -0.2) is 9.97 Å². The predicted octanol–water partition coefficient (Wildman–Crippen LogP) is 3.92. The van der Waals surface area contributed by atoms with Gasteiger partial charge in [0, 0.05) is 17.1 Å². The molecule has 0 saturated carbocycles. The van der Waals surface area contributed by atoms with Crippen molar-refractivity contribution in [1.29, 1.82) is 0 Å². The number of aromatic nitrogens is 2. The van der Waals surface area contributed by atoms with E-state index in [0.717, 1.165) is 28.4 Å². The molecule has 5 nitrogen and oxygen atoms in total. The highest BCUT2D eigenvalue weighted by atomic mass is 32.2. The fourth-order valence-electron chi connectivity index (χ4n) is 2.05. The summed E-state index contributed by atoms with van der Waals surface area (Å²) in [6.45, 7) is 10.3. The highest BCUT2D eigenvalue weighted by Crippen LogP contribution is 2.23. The number of nitrogens with one attached hydrogen (secondary N) is 1. The van der Waals surface area contributed by atoms with Crippen LogP contribution in [0.1, 0.15) is 30.8 Å². The number of carbonyl (C=O) groups is 1. The van der Waals surface area contributed by atoms with Crippen LogP contribution in [0.5, 0.6) is 5.75 Å². The number of aryl methyl sites for hydroxylation is 2. The molecule has 1 aromatic heterocycles. The van der Waals surface area contributed by atoms with E-state index >= 15 is 0 Å². The molecule has 0 spiro atoms. The Labute approximate surface area is 147 Å². The first kappa shape index (κ1) is 18.3.